The standard InChI is InChI=1S/2C10H15.Hf/c2*1-4-5-10-6-8(2)9(3)7-10;/h2*6-7H,4-5H2,1-3H3;/q2*-1;. The average molecular weight is 449 g/mol. The molecule has 0 heterocycles. The first kappa shape index (κ1) is 20.6. The van der Waals surface area contributed by atoms with Crippen LogP contribution in [0.5, 0.6) is 0 Å². The van der Waals surface area contributed by atoms with Crippen molar-refractivity contribution in [3.8, 4) is 0 Å². The molecule has 0 nitrogen and oxygen atoms in total. The van der Waals surface area contributed by atoms with Crippen molar-refractivity contribution in [2.24, 2.45) is 0 Å². The van der Waals surface area contributed by atoms with Crippen molar-refractivity contribution in [3.63, 3.8) is 0 Å². The molecule has 0 aliphatic carbocycles. The van der Waals surface area contributed by atoms with Gasteiger partial charge < -0.3 is 0 Å². The Kier molecular flexibility index (Phi) is 10.1. The van der Waals surface area contributed by atoms with Crippen LogP contribution in [0.25, 0.3) is 0 Å². The number of rotatable bonds is 4. The molecule has 0 spiro atoms. The van der Waals surface area contributed by atoms with Gasteiger partial charge in [-0.15, -0.1) is 0 Å². The second-order valence-electron chi connectivity index (χ2n) is 5.96. The van der Waals surface area contributed by atoms with Crippen molar-refractivity contribution >= 4 is 0 Å². The molecule has 0 aromatic heterocycles. The van der Waals surface area contributed by atoms with Gasteiger partial charge in [-0.3, -0.25) is 0 Å². The van der Waals surface area contributed by atoms with Crippen LogP contribution in [0.3, 0.4) is 0 Å². The Morgan fingerprint density at radius 3 is 1.29 bits per heavy atom. The summed E-state index contributed by atoms with van der Waals surface area (Å²) in [5, 5.41) is 0. The molecule has 0 unspecified atom stereocenters. The van der Waals surface area contributed by atoms with Crippen LogP contribution in [-0.2, 0) is 38.7 Å². The van der Waals surface area contributed by atoms with Crippen LogP contribution < -0.4 is 0 Å². The molecule has 2 aromatic rings. The molecule has 0 aliphatic heterocycles. The minimum absolute atomic E-state index is 0. The molecule has 0 fully saturated rings. The average Bonchev–Trinajstić information content (AvgIpc) is 2.85. The van der Waals surface area contributed by atoms with Crippen LogP contribution >= 0.6 is 0 Å². The van der Waals surface area contributed by atoms with Crippen molar-refractivity contribution in [2.75, 3.05) is 0 Å². The van der Waals surface area contributed by atoms with E-state index in [0.29, 0.717) is 0 Å². The first-order valence-corrected chi connectivity index (χ1v) is 7.93. The molecule has 0 amide bonds. The molecule has 0 atom stereocenters. The normalized spacial score (nSPS) is 9.81. The molecule has 1 heteroatoms. The second-order valence-corrected chi connectivity index (χ2v) is 5.96. The fourth-order valence-electron chi connectivity index (χ4n) is 2.52. The zero-order valence-corrected chi connectivity index (χ0v) is 18.2. The van der Waals surface area contributed by atoms with E-state index in [2.05, 4.69) is 65.8 Å². The molecule has 0 saturated heterocycles. The second kappa shape index (κ2) is 10.3. The van der Waals surface area contributed by atoms with Gasteiger partial charge in [0, 0.05) is 25.8 Å². The molecular weight excluding hydrogens is 419 g/mol. The van der Waals surface area contributed by atoms with E-state index in [9.17, 15) is 0 Å². The van der Waals surface area contributed by atoms with E-state index >= 15 is 0 Å². The third-order valence-corrected chi connectivity index (χ3v) is 3.93. The topological polar surface area (TPSA) is 0 Å². The van der Waals surface area contributed by atoms with Crippen molar-refractivity contribution in [1.29, 1.82) is 0 Å². The number of hydrogen-bond acceptors (Lipinski definition) is 0. The predicted molar refractivity (Wildman–Crippen MR) is 91.0 cm³/mol. The third kappa shape index (κ3) is 6.91. The quantitative estimate of drug-likeness (QED) is 0.400. The van der Waals surface area contributed by atoms with Crippen molar-refractivity contribution in [3.05, 3.63) is 57.6 Å². The van der Waals surface area contributed by atoms with Crippen molar-refractivity contribution in [2.45, 2.75) is 67.2 Å². The maximum atomic E-state index is 2.29. The van der Waals surface area contributed by atoms with Crippen LogP contribution in [0, 0.1) is 27.7 Å². The molecule has 0 N–H and O–H groups in total. The Morgan fingerprint density at radius 1 is 0.762 bits per heavy atom. The molecule has 0 radical (unpaired) electrons. The van der Waals surface area contributed by atoms with Gasteiger partial charge in [0.15, 0.2) is 0 Å². The van der Waals surface area contributed by atoms with Gasteiger partial charge in [0.1, 0.15) is 0 Å². The molecule has 2 rings (SSSR count). The Labute approximate surface area is 150 Å². The summed E-state index contributed by atoms with van der Waals surface area (Å²) in [6, 6.07) is 9.16. The summed E-state index contributed by atoms with van der Waals surface area (Å²) in [6.45, 7) is 13.1. The van der Waals surface area contributed by atoms with E-state index in [0.717, 1.165) is 0 Å². The maximum absolute atomic E-state index is 2.29. The van der Waals surface area contributed by atoms with Crippen LogP contribution in [0.2, 0.25) is 0 Å². The molecule has 0 aliphatic rings. The van der Waals surface area contributed by atoms with Gasteiger partial charge in [-0.05, 0) is 0 Å². The fraction of sp³-hybridized carbons (Fsp3) is 0.500. The summed E-state index contributed by atoms with van der Waals surface area (Å²) in [7, 11) is 0. The fourth-order valence-corrected chi connectivity index (χ4v) is 2.52. The molecule has 2 aromatic carbocycles. The van der Waals surface area contributed by atoms with Gasteiger partial charge in [-0.1, -0.05) is 67.2 Å². The molecule has 0 saturated carbocycles. The summed E-state index contributed by atoms with van der Waals surface area (Å²) < 4.78 is 0. The van der Waals surface area contributed by atoms with E-state index in [1.807, 2.05) is 0 Å². The monoisotopic (exact) mass is 450 g/mol. The maximum Gasteiger partial charge on any atom is 0 e. The minimum atomic E-state index is 0. The molecular formula is C20H30Hf-2. The molecule has 116 valence electrons. The van der Waals surface area contributed by atoms with Crippen LogP contribution in [-0.4, -0.2) is 0 Å². The van der Waals surface area contributed by atoms with E-state index in [4.69, 9.17) is 0 Å². The van der Waals surface area contributed by atoms with Crippen LogP contribution in [0.4, 0.5) is 0 Å². The van der Waals surface area contributed by atoms with Crippen LogP contribution in [0.1, 0.15) is 60.1 Å². The Hall–Kier alpha value is -0.430. The van der Waals surface area contributed by atoms with Gasteiger partial charge in [0.25, 0.3) is 0 Å². The van der Waals surface area contributed by atoms with E-state index in [1.54, 1.807) is 0 Å². The largest absolute Gasteiger partial charge is 0.207 e. The zero-order chi connectivity index (χ0) is 15.1. The Morgan fingerprint density at radius 2 is 1.10 bits per heavy atom. The first-order chi connectivity index (χ1) is 9.47. The summed E-state index contributed by atoms with van der Waals surface area (Å²) >= 11 is 0. The predicted octanol–water partition coefficient (Wildman–Crippen LogP) is 5.95. The smallest absolute Gasteiger partial charge is 0 e. The van der Waals surface area contributed by atoms with E-state index < -0.39 is 0 Å². The van der Waals surface area contributed by atoms with Gasteiger partial charge in [-0.2, -0.15) is 45.5 Å². The van der Waals surface area contributed by atoms with E-state index in [1.165, 1.54) is 59.1 Å². The van der Waals surface area contributed by atoms with Gasteiger partial charge >= 0.3 is 0 Å². The Bertz CT molecular complexity index is 427. The molecule has 0 bridgehead atoms. The Balaban J connectivity index is 0.000000364. The summed E-state index contributed by atoms with van der Waals surface area (Å²) in [5.74, 6) is 0. The van der Waals surface area contributed by atoms with Gasteiger partial charge in [0.05, 0.1) is 0 Å². The van der Waals surface area contributed by atoms with Crippen LogP contribution in [0.15, 0.2) is 24.3 Å². The van der Waals surface area contributed by atoms with Crippen molar-refractivity contribution < 1.29 is 25.8 Å². The van der Waals surface area contributed by atoms with Gasteiger partial charge in [-0.25, -0.2) is 12.1 Å². The third-order valence-electron chi connectivity index (χ3n) is 3.93. The zero-order valence-electron chi connectivity index (χ0n) is 14.6. The summed E-state index contributed by atoms with van der Waals surface area (Å²) in [4.78, 5) is 0. The first-order valence-electron chi connectivity index (χ1n) is 7.93. The minimum Gasteiger partial charge on any atom is -0.207 e. The summed E-state index contributed by atoms with van der Waals surface area (Å²) in [6.07, 6.45) is 4.97. The SMILES string of the molecule is CCCc1cc(C)[c-](C)c1.CCCc1cc(C)[c-](C)c1.[Hf]. The number of hydrogen-bond donors (Lipinski definition) is 0. The van der Waals surface area contributed by atoms with Crippen molar-refractivity contribution in [1.82, 2.24) is 0 Å². The van der Waals surface area contributed by atoms with E-state index in [-0.39, 0.29) is 25.8 Å². The summed E-state index contributed by atoms with van der Waals surface area (Å²) in [5.41, 5.74) is 8.73. The van der Waals surface area contributed by atoms with Gasteiger partial charge in [0.2, 0.25) is 0 Å². The number of aryl methyl sites for hydroxylation is 6. The molecule has 21 heavy (non-hydrogen) atoms.